The lowest BCUT2D eigenvalue weighted by atomic mass is 10.0. The zero-order chi connectivity index (χ0) is 23.5. The van der Waals surface area contributed by atoms with Crippen LogP contribution in [0.2, 0.25) is 10.0 Å². The van der Waals surface area contributed by atoms with Gasteiger partial charge in [0.15, 0.2) is 16.7 Å². The molecule has 2 aromatic carbocycles. The summed E-state index contributed by atoms with van der Waals surface area (Å²) in [5.41, 5.74) is 6.96. The number of amides is 2. The second-order valence-corrected chi connectivity index (χ2v) is 8.95. The van der Waals surface area contributed by atoms with E-state index in [4.69, 9.17) is 32.7 Å². The smallest absolute Gasteiger partial charge is 0.241 e. The number of benzene rings is 2. The number of fused-ring (bicyclic) bond motifs is 1. The molecule has 0 saturated carbocycles. The van der Waals surface area contributed by atoms with Crippen molar-refractivity contribution in [2.45, 2.75) is 6.17 Å². The molecule has 4 rings (SSSR count). The topological polar surface area (TPSA) is 104 Å². The number of methoxy groups -OCH3 is 2. The van der Waals surface area contributed by atoms with Crippen molar-refractivity contribution in [3.05, 3.63) is 46.4 Å². The molecular formula is C21H21Cl2N5O4S. The van der Waals surface area contributed by atoms with Crippen LogP contribution in [0.5, 0.6) is 11.5 Å². The quantitative estimate of drug-likeness (QED) is 0.549. The summed E-state index contributed by atoms with van der Waals surface area (Å²) in [5, 5.41) is 3.95. The van der Waals surface area contributed by atoms with Gasteiger partial charge in [0.2, 0.25) is 11.8 Å². The Morgan fingerprint density at radius 2 is 2.00 bits per heavy atom. The fourth-order valence-corrected chi connectivity index (χ4v) is 4.83. The van der Waals surface area contributed by atoms with E-state index in [-0.39, 0.29) is 23.5 Å². The highest BCUT2D eigenvalue weighted by molar-refractivity contribution is 8.14. The predicted octanol–water partition coefficient (Wildman–Crippen LogP) is 3.14. The fourth-order valence-electron chi connectivity index (χ4n) is 3.49. The number of nitrogens with one attached hydrogen (secondary N) is 3. The Morgan fingerprint density at radius 1 is 1.21 bits per heavy atom. The Labute approximate surface area is 204 Å². The van der Waals surface area contributed by atoms with E-state index in [0.717, 1.165) is 11.8 Å². The maximum atomic E-state index is 13.3. The zero-order valence-electron chi connectivity index (χ0n) is 17.7. The Morgan fingerprint density at radius 3 is 2.73 bits per heavy atom. The van der Waals surface area contributed by atoms with Gasteiger partial charge in [-0.15, -0.1) is 0 Å². The van der Waals surface area contributed by atoms with Gasteiger partial charge >= 0.3 is 0 Å². The van der Waals surface area contributed by atoms with Crippen molar-refractivity contribution in [3.8, 4) is 11.5 Å². The van der Waals surface area contributed by atoms with Crippen molar-refractivity contribution in [3.63, 3.8) is 0 Å². The molecule has 2 aromatic rings. The molecule has 1 saturated heterocycles. The largest absolute Gasteiger partial charge is 0.493 e. The molecule has 0 radical (unpaired) electrons. The molecule has 3 N–H and O–H groups in total. The van der Waals surface area contributed by atoms with Crippen LogP contribution in [0, 0.1) is 5.92 Å². The van der Waals surface area contributed by atoms with Gasteiger partial charge in [-0.1, -0.05) is 35.0 Å². The Kier molecular flexibility index (Phi) is 7.30. The number of hydrogen-bond donors (Lipinski definition) is 3. The van der Waals surface area contributed by atoms with E-state index in [1.54, 1.807) is 36.4 Å². The molecular weight excluding hydrogens is 489 g/mol. The van der Waals surface area contributed by atoms with Gasteiger partial charge in [0.25, 0.3) is 0 Å². The lowest BCUT2D eigenvalue weighted by molar-refractivity contribution is -0.121. The van der Waals surface area contributed by atoms with E-state index in [9.17, 15) is 9.59 Å². The highest BCUT2D eigenvalue weighted by Crippen LogP contribution is 2.35. The third-order valence-electron chi connectivity index (χ3n) is 5.08. The van der Waals surface area contributed by atoms with Crippen molar-refractivity contribution in [2.75, 3.05) is 36.7 Å². The minimum Gasteiger partial charge on any atom is -0.493 e. The molecule has 33 heavy (non-hydrogen) atoms. The standard InChI is InChI=1S/C21H21Cl2N5O4S/c1-31-16-6-4-12(8-17(16)32-2)25-18(29)10-33-21-26-19-13(9-24-27-19)20(30)28(21)15-5-3-11(22)7-14(15)23/h3-8,13,19,24,27H,9-10H2,1-2H3,(H,25,29). The number of anilines is 2. The molecule has 174 valence electrons. The van der Waals surface area contributed by atoms with Crippen molar-refractivity contribution in [1.29, 1.82) is 0 Å². The summed E-state index contributed by atoms with van der Waals surface area (Å²) in [6, 6.07) is 9.97. The number of aliphatic imine (C=N–C) groups is 1. The van der Waals surface area contributed by atoms with Crippen LogP contribution in [0.25, 0.3) is 0 Å². The Balaban J connectivity index is 1.52. The Bertz CT molecular complexity index is 1120. The molecule has 2 aliphatic rings. The number of thioether (sulfide) groups is 1. The molecule has 9 nitrogen and oxygen atoms in total. The third-order valence-corrected chi connectivity index (χ3v) is 6.57. The summed E-state index contributed by atoms with van der Waals surface area (Å²) >= 11 is 13.5. The minimum atomic E-state index is -0.420. The van der Waals surface area contributed by atoms with E-state index >= 15 is 0 Å². The number of amidine groups is 1. The number of halogens is 2. The molecule has 0 spiro atoms. The van der Waals surface area contributed by atoms with Crippen LogP contribution in [-0.2, 0) is 9.59 Å². The first-order chi connectivity index (χ1) is 15.9. The van der Waals surface area contributed by atoms with Crippen LogP contribution in [0.3, 0.4) is 0 Å². The molecule has 1 fully saturated rings. The normalized spacial score (nSPS) is 19.7. The Hall–Kier alpha value is -2.50. The fraction of sp³-hybridized carbons (Fsp3) is 0.286. The molecule has 0 aliphatic carbocycles. The van der Waals surface area contributed by atoms with Crippen LogP contribution < -0.4 is 30.5 Å². The molecule has 2 atom stereocenters. The summed E-state index contributed by atoms with van der Waals surface area (Å²) in [6.45, 7) is 0.437. The van der Waals surface area contributed by atoms with E-state index in [1.165, 1.54) is 19.1 Å². The monoisotopic (exact) mass is 509 g/mol. The highest BCUT2D eigenvalue weighted by Gasteiger charge is 2.42. The number of nitrogens with zero attached hydrogens (tertiary/aromatic N) is 2. The lowest BCUT2D eigenvalue weighted by Gasteiger charge is -2.32. The summed E-state index contributed by atoms with van der Waals surface area (Å²) in [5.74, 6) is 0.250. The van der Waals surface area contributed by atoms with E-state index in [1.807, 2.05) is 0 Å². The predicted molar refractivity (Wildman–Crippen MR) is 130 cm³/mol. The van der Waals surface area contributed by atoms with Gasteiger partial charge in [0.1, 0.15) is 6.17 Å². The number of carbonyl (C=O) groups excluding carboxylic acids is 2. The first-order valence-electron chi connectivity index (χ1n) is 9.91. The van der Waals surface area contributed by atoms with Gasteiger partial charge in [0, 0.05) is 23.3 Å². The second-order valence-electron chi connectivity index (χ2n) is 7.16. The summed E-state index contributed by atoms with van der Waals surface area (Å²) in [7, 11) is 3.06. The van der Waals surface area contributed by atoms with Gasteiger partial charge in [-0.25, -0.2) is 10.4 Å². The van der Waals surface area contributed by atoms with Crippen molar-refractivity contribution in [2.24, 2.45) is 10.9 Å². The van der Waals surface area contributed by atoms with Crippen LogP contribution in [0.1, 0.15) is 0 Å². The SMILES string of the molecule is COc1ccc(NC(=O)CSC2=NC3NNCC3C(=O)N2c2ccc(Cl)cc2Cl)cc1OC. The molecule has 0 aromatic heterocycles. The second kappa shape index (κ2) is 10.2. The van der Waals surface area contributed by atoms with E-state index in [0.29, 0.717) is 44.6 Å². The molecule has 2 amide bonds. The maximum Gasteiger partial charge on any atom is 0.241 e. The highest BCUT2D eigenvalue weighted by atomic mass is 35.5. The lowest BCUT2D eigenvalue weighted by Crippen LogP contribution is -2.49. The number of hydrazine groups is 1. The van der Waals surface area contributed by atoms with Crippen molar-refractivity contribution >= 4 is 63.3 Å². The first kappa shape index (κ1) is 23.7. The number of carbonyl (C=O) groups is 2. The van der Waals surface area contributed by atoms with Crippen molar-refractivity contribution < 1.29 is 19.1 Å². The van der Waals surface area contributed by atoms with Gasteiger partial charge in [-0.2, -0.15) is 0 Å². The van der Waals surface area contributed by atoms with Gasteiger partial charge in [-0.05, 0) is 30.3 Å². The minimum absolute atomic E-state index is 0.0208. The van der Waals surface area contributed by atoms with Gasteiger partial charge in [-0.3, -0.25) is 19.9 Å². The van der Waals surface area contributed by atoms with Crippen LogP contribution in [-0.4, -0.2) is 49.7 Å². The van der Waals surface area contributed by atoms with Gasteiger partial charge < -0.3 is 14.8 Å². The number of ether oxygens (including phenoxy) is 2. The first-order valence-corrected chi connectivity index (χ1v) is 11.7. The average molecular weight is 510 g/mol. The molecule has 2 unspecified atom stereocenters. The molecule has 12 heteroatoms. The van der Waals surface area contributed by atoms with Gasteiger partial charge in [0.05, 0.1) is 36.6 Å². The molecule has 2 heterocycles. The number of hydrogen-bond acceptors (Lipinski definition) is 8. The van der Waals surface area contributed by atoms with Crippen LogP contribution in [0.15, 0.2) is 41.4 Å². The third kappa shape index (κ3) is 5.04. The average Bonchev–Trinajstić information content (AvgIpc) is 3.27. The van der Waals surface area contributed by atoms with Crippen LogP contribution in [0.4, 0.5) is 11.4 Å². The van der Waals surface area contributed by atoms with E-state index in [2.05, 4.69) is 21.2 Å². The van der Waals surface area contributed by atoms with E-state index < -0.39 is 6.17 Å². The summed E-state index contributed by atoms with van der Waals surface area (Å²) in [6.07, 6.45) is -0.420. The molecule has 0 bridgehead atoms. The van der Waals surface area contributed by atoms with Crippen LogP contribution >= 0.6 is 35.0 Å². The number of rotatable bonds is 6. The maximum absolute atomic E-state index is 13.3. The van der Waals surface area contributed by atoms with Crippen molar-refractivity contribution in [1.82, 2.24) is 10.9 Å². The zero-order valence-corrected chi connectivity index (χ0v) is 20.1. The summed E-state index contributed by atoms with van der Waals surface area (Å²) in [4.78, 5) is 32.0. The summed E-state index contributed by atoms with van der Waals surface area (Å²) < 4.78 is 10.5. The molecule has 2 aliphatic heterocycles.